The zero-order valence-electron chi connectivity index (χ0n) is 9.57. The van der Waals surface area contributed by atoms with E-state index in [-0.39, 0.29) is 5.63 Å². The highest BCUT2D eigenvalue weighted by molar-refractivity contribution is 6.31. The fourth-order valence-electron chi connectivity index (χ4n) is 2.01. The summed E-state index contributed by atoms with van der Waals surface area (Å²) < 4.78 is 10.4. The lowest BCUT2D eigenvalue weighted by Gasteiger charge is -2.04. The summed E-state index contributed by atoms with van der Waals surface area (Å²) in [5, 5.41) is 2.74. The zero-order valence-corrected chi connectivity index (χ0v) is 10.3. The van der Waals surface area contributed by atoms with Crippen molar-refractivity contribution in [3.05, 3.63) is 51.8 Å². The summed E-state index contributed by atoms with van der Waals surface area (Å²) >= 11 is 5.97. The third-order valence-electron chi connectivity index (χ3n) is 2.88. The molecule has 3 aromatic rings. The fourth-order valence-corrected chi connectivity index (χ4v) is 2.18. The van der Waals surface area contributed by atoms with Gasteiger partial charge in [-0.15, -0.1) is 0 Å². The average Bonchev–Trinajstić information content (AvgIpc) is 2.38. The van der Waals surface area contributed by atoms with Crippen LogP contribution in [0.3, 0.4) is 0 Å². The average molecular weight is 261 g/mol. The quantitative estimate of drug-likeness (QED) is 0.496. The molecule has 0 saturated heterocycles. The molecule has 0 spiro atoms. The van der Waals surface area contributed by atoms with Crippen molar-refractivity contribution in [1.29, 1.82) is 0 Å². The van der Waals surface area contributed by atoms with Gasteiger partial charge in [0.05, 0.1) is 12.5 Å². The summed E-state index contributed by atoms with van der Waals surface area (Å²) in [4.78, 5) is 11.9. The van der Waals surface area contributed by atoms with Crippen LogP contribution in [0.2, 0.25) is 5.02 Å². The van der Waals surface area contributed by atoms with E-state index < -0.39 is 0 Å². The molecule has 3 rings (SSSR count). The van der Waals surface area contributed by atoms with E-state index in [1.54, 1.807) is 31.4 Å². The van der Waals surface area contributed by atoms with Crippen LogP contribution in [-0.4, -0.2) is 7.11 Å². The molecule has 0 saturated carbocycles. The zero-order chi connectivity index (χ0) is 12.7. The lowest BCUT2D eigenvalue weighted by atomic mass is 10.1. The Bertz CT molecular complexity index is 805. The van der Waals surface area contributed by atoms with Crippen LogP contribution in [-0.2, 0) is 0 Å². The number of ether oxygens (including phenoxy) is 1. The Balaban J connectivity index is 2.52. The fraction of sp³-hybridized carbons (Fsp3) is 0.0714. The molecule has 0 atom stereocenters. The second kappa shape index (κ2) is 4.03. The number of methoxy groups -OCH3 is 1. The summed E-state index contributed by atoms with van der Waals surface area (Å²) in [5.41, 5.74) is 0.122. The predicted octanol–water partition coefficient (Wildman–Crippen LogP) is 3.61. The molecule has 0 fully saturated rings. The molecule has 0 unspecified atom stereocenters. The first-order valence-corrected chi connectivity index (χ1v) is 5.77. The number of benzene rings is 2. The van der Waals surface area contributed by atoms with E-state index >= 15 is 0 Å². The van der Waals surface area contributed by atoms with Gasteiger partial charge in [0.2, 0.25) is 0 Å². The van der Waals surface area contributed by atoms with Gasteiger partial charge in [0, 0.05) is 21.9 Å². The smallest absolute Gasteiger partial charge is 0.344 e. The molecule has 4 heteroatoms. The summed E-state index contributed by atoms with van der Waals surface area (Å²) in [7, 11) is 1.57. The molecular formula is C14H9ClO3. The molecule has 1 heterocycles. The molecule has 0 radical (unpaired) electrons. The first-order valence-electron chi connectivity index (χ1n) is 5.39. The molecule has 0 bridgehead atoms. The van der Waals surface area contributed by atoms with Crippen LogP contribution < -0.4 is 10.4 Å². The second-order valence-electron chi connectivity index (χ2n) is 3.94. The van der Waals surface area contributed by atoms with Crippen LogP contribution in [0.25, 0.3) is 21.7 Å². The first-order chi connectivity index (χ1) is 8.69. The maximum atomic E-state index is 11.9. The van der Waals surface area contributed by atoms with E-state index in [0.29, 0.717) is 21.7 Å². The first kappa shape index (κ1) is 11.1. The summed E-state index contributed by atoms with van der Waals surface area (Å²) in [6, 6.07) is 10.5. The van der Waals surface area contributed by atoms with E-state index in [9.17, 15) is 4.79 Å². The number of rotatable bonds is 1. The van der Waals surface area contributed by atoms with Gasteiger partial charge in [0.25, 0.3) is 0 Å². The highest BCUT2D eigenvalue weighted by atomic mass is 35.5. The van der Waals surface area contributed by atoms with Gasteiger partial charge in [-0.1, -0.05) is 11.6 Å². The maximum absolute atomic E-state index is 11.9. The maximum Gasteiger partial charge on any atom is 0.344 e. The molecule has 0 amide bonds. The minimum atomic E-state index is -0.373. The minimum absolute atomic E-state index is 0.373. The molecular weight excluding hydrogens is 252 g/mol. The van der Waals surface area contributed by atoms with Crippen molar-refractivity contribution in [2.45, 2.75) is 0 Å². The number of halogens is 1. The van der Waals surface area contributed by atoms with Gasteiger partial charge in [-0.05, 0) is 30.3 Å². The van der Waals surface area contributed by atoms with Gasteiger partial charge < -0.3 is 9.15 Å². The van der Waals surface area contributed by atoms with Gasteiger partial charge >= 0.3 is 5.63 Å². The Morgan fingerprint density at radius 2 is 1.83 bits per heavy atom. The van der Waals surface area contributed by atoms with Crippen LogP contribution in [0.15, 0.2) is 45.6 Å². The van der Waals surface area contributed by atoms with Crippen molar-refractivity contribution >= 4 is 33.3 Å². The van der Waals surface area contributed by atoms with Crippen molar-refractivity contribution in [3.8, 4) is 5.75 Å². The molecule has 1 aromatic heterocycles. The largest absolute Gasteiger partial charge is 0.497 e. The SMILES string of the molecule is COc1ccc2c(c1)oc(=O)c1ccc(Cl)cc12. The lowest BCUT2D eigenvalue weighted by molar-refractivity contribution is 0.414. The van der Waals surface area contributed by atoms with Crippen molar-refractivity contribution in [2.75, 3.05) is 7.11 Å². The normalized spacial score (nSPS) is 11.0. The Morgan fingerprint density at radius 1 is 1.06 bits per heavy atom. The van der Waals surface area contributed by atoms with Gasteiger partial charge in [-0.2, -0.15) is 0 Å². The standard InChI is InChI=1S/C14H9ClO3/c1-17-9-3-5-10-12-6-8(15)2-4-11(12)14(16)18-13(10)7-9/h2-7H,1H3. The highest BCUT2D eigenvalue weighted by Gasteiger charge is 2.08. The second-order valence-corrected chi connectivity index (χ2v) is 4.38. The predicted molar refractivity (Wildman–Crippen MR) is 71.6 cm³/mol. The molecule has 0 aliphatic carbocycles. The molecule has 3 nitrogen and oxygen atoms in total. The molecule has 2 aromatic carbocycles. The van der Waals surface area contributed by atoms with Crippen molar-refractivity contribution < 1.29 is 9.15 Å². The third-order valence-corrected chi connectivity index (χ3v) is 3.12. The highest BCUT2D eigenvalue weighted by Crippen LogP contribution is 2.27. The summed E-state index contributed by atoms with van der Waals surface area (Å²) in [6.07, 6.45) is 0. The number of hydrogen-bond donors (Lipinski definition) is 0. The van der Waals surface area contributed by atoms with E-state index in [1.807, 2.05) is 12.1 Å². The molecule has 0 aliphatic heterocycles. The van der Waals surface area contributed by atoms with Crippen molar-refractivity contribution in [2.24, 2.45) is 0 Å². The molecule has 90 valence electrons. The Kier molecular flexibility index (Phi) is 2.49. The van der Waals surface area contributed by atoms with Gasteiger partial charge in [0.1, 0.15) is 11.3 Å². The van der Waals surface area contributed by atoms with E-state index in [1.165, 1.54) is 0 Å². The van der Waals surface area contributed by atoms with Crippen LogP contribution >= 0.6 is 11.6 Å². The third kappa shape index (κ3) is 1.64. The molecule has 0 N–H and O–H groups in total. The van der Waals surface area contributed by atoms with Crippen LogP contribution in [0, 0.1) is 0 Å². The molecule has 0 aliphatic rings. The van der Waals surface area contributed by atoms with Crippen LogP contribution in [0.1, 0.15) is 0 Å². The van der Waals surface area contributed by atoms with Crippen LogP contribution in [0.4, 0.5) is 0 Å². The number of hydrogen-bond acceptors (Lipinski definition) is 3. The van der Waals surface area contributed by atoms with E-state index in [4.69, 9.17) is 20.8 Å². The van der Waals surface area contributed by atoms with Crippen molar-refractivity contribution in [1.82, 2.24) is 0 Å². The Hall–Kier alpha value is -2.00. The van der Waals surface area contributed by atoms with Gasteiger partial charge in [0.15, 0.2) is 0 Å². The summed E-state index contributed by atoms with van der Waals surface area (Å²) in [6.45, 7) is 0. The Labute approximate surface area is 108 Å². The van der Waals surface area contributed by atoms with E-state index in [2.05, 4.69) is 0 Å². The molecule has 18 heavy (non-hydrogen) atoms. The van der Waals surface area contributed by atoms with E-state index in [0.717, 1.165) is 10.8 Å². The van der Waals surface area contributed by atoms with Crippen molar-refractivity contribution in [3.63, 3.8) is 0 Å². The lowest BCUT2D eigenvalue weighted by Crippen LogP contribution is -1.99. The van der Waals surface area contributed by atoms with Crippen LogP contribution in [0.5, 0.6) is 5.75 Å². The van der Waals surface area contributed by atoms with Gasteiger partial charge in [-0.25, -0.2) is 4.79 Å². The topological polar surface area (TPSA) is 39.4 Å². The van der Waals surface area contributed by atoms with Gasteiger partial charge in [-0.3, -0.25) is 0 Å². The summed E-state index contributed by atoms with van der Waals surface area (Å²) in [5.74, 6) is 0.645. The monoisotopic (exact) mass is 260 g/mol. The minimum Gasteiger partial charge on any atom is -0.497 e. The Morgan fingerprint density at radius 3 is 2.61 bits per heavy atom. The number of fused-ring (bicyclic) bond motifs is 3.